The second-order valence-electron chi connectivity index (χ2n) is 4.25. The SMILES string of the molecule is COCCCN=C1Nc2ccc(N)cc2OC1C. The van der Waals surface area contributed by atoms with Crippen molar-refractivity contribution in [1.82, 2.24) is 0 Å². The summed E-state index contributed by atoms with van der Waals surface area (Å²) >= 11 is 0. The Morgan fingerprint density at radius 2 is 2.33 bits per heavy atom. The van der Waals surface area contributed by atoms with Gasteiger partial charge in [-0.05, 0) is 25.5 Å². The Morgan fingerprint density at radius 1 is 1.50 bits per heavy atom. The minimum Gasteiger partial charge on any atom is -0.481 e. The zero-order valence-electron chi connectivity index (χ0n) is 10.8. The van der Waals surface area contributed by atoms with E-state index < -0.39 is 0 Å². The van der Waals surface area contributed by atoms with Crippen LogP contribution in [0.1, 0.15) is 13.3 Å². The molecule has 3 N–H and O–H groups in total. The van der Waals surface area contributed by atoms with E-state index in [-0.39, 0.29) is 6.10 Å². The molecule has 5 heteroatoms. The fourth-order valence-electron chi connectivity index (χ4n) is 1.80. The van der Waals surface area contributed by atoms with E-state index in [1.54, 1.807) is 7.11 Å². The number of nitrogens with zero attached hydrogens (tertiary/aromatic N) is 1. The van der Waals surface area contributed by atoms with Crippen LogP contribution in [0.4, 0.5) is 11.4 Å². The number of benzene rings is 1. The first-order valence-electron chi connectivity index (χ1n) is 6.07. The van der Waals surface area contributed by atoms with Crippen LogP contribution in [0.15, 0.2) is 23.2 Å². The van der Waals surface area contributed by atoms with Crippen molar-refractivity contribution in [3.63, 3.8) is 0 Å². The Hall–Kier alpha value is -1.75. The third-order valence-electron chi connectivity index (χ3n) is 2.75. The summed E-state index contributed by atoms with van der Waals surface area (Å²) in [6, 6.07) is 5.56. The molecule has 1 aromatic rings. The molecule has 0 spiro atoms. The van der Waals surface area contributed by atoms with Gasteiger partial charge in [-0.2, -0.15) is 0 Å². The van der Waals surface area contributed by atoms with Gasteiger partial charge in [0.25, 0.3) is 0 Å². The standard InChI is InChI=1S/C13H19N3O2/c1-9-13(15-6-3-7-17-2)16-11-5-4-10(14)8-12(11)18-9/h4-5,8-9H,3,6-7,14H2,1-2H3,(H,15,16). The fraction of sp³-hybridized carbons (Fsp3) is 0.462. The van der Waals surface area contributed by atoms with Crippen molar-refractivity contribution in [2.75, 3.05) is 31.3 Å². The summed E-state index contributed by atoms with van der Waals surface area (Å²) in [5, 5.41) is 3.28. The second-order valence-corrected chi connectivity index (χ2v) is 4.25. The summed E-state index contributed by atoms with van der Waals surface area (Å²) in [4.78, 5) is 4.49. The van der Waals surface area contributed by atoms with Crippen molar-refractivity contribution in [1.29, 1.82) is 0 Å². The maximum absolute atomic E-state index is 5.78. The van der Waals surface area contributed by atoms with E-state index in [0.29, 0.717) is 5.69 Å². The molecule has 2 rings (SSSR count). The second kappa shape index (κ2) is 5.73. The number of ether oxygens (including phenoxy) is 2. The number of hydrogen-bond donors (Lipinski definition) is 2. The number of aliphatic imine (C=N–C) groups is 1. The van der Waals surface area contributed by atoms with Gasteiger partial charge in [0.1, 0.15) is 11.6 Å². The molecule has 0 radical (unpaired) electrons. The summed E-state index contributed by atoms with van der Waals surface area (Å²) in [5.74, 6) is 1.63. The lowest BCUT2D eigenvalue weighted by Gasteiger charge is -2.26. The van der Waals surface area contributed by atoms with Gasteiger partial charge >= 0.3 is 0 Å². The summed E-state index contributed by atoms with van der Waals surface area (Å²) in [5.41, 5.74) is 7.33. The summed E-state index contributed by atoms with van der Waals surface area (Å²) in [7, 11) is 1.69. The molecule has 0 bridgehead atoms. The quantitative estimate of drug-likeness (QED) is 0.631. The van der Waals surface area contributed by atoms with Crippen LogP contribution in [0, 0.1) is 0 Å². The molecule has 1 aliphatic heterocycles. The van der Waals surface area contributed by atoms with Crippen molar-refractivity contribution < 1.29 is 9.47 Å². The first-order chi connectivity index (χ1) is 8.70. The molecule has 18 heavy (non-hydrogen) atoms. The lowest BCUT2D eigenvalue weighted by Crippen LogP contribution is -2.35. The van der Waals surface area contributed by atoms with Crippen LogP contribution in [0.3, 0.4) is 0 Å². The lowest BCUT2D eigenvalue weighted by atomic mass is 10.2. The normalized spacial score (nSPS) is 20.1. The highest BCUT2D eigenvalue weighted by molar-refractivity contribution is 6.01. The number of anilines is 2. The van der Waals surface area contributed by atoms with Crippen molar-refractivity contribution >= 4 is 17.2 Å². The highest BCUT2D eigenvalue weighted by Crippen LogP contribution is 2.31. The lowest BCUT2D eigenvalue weighted by molar-refractivity contribution is 0.197. The number of nitrogen functional groups attached to an aromatic ring is 1. The van der Waals surface area contributed by atoms with Gasteiger partial charge in [0, 0.05) is 32.0 Å². The van der Waals surface area contributed by atoms with E-state index in [1.165, 1.54) is 0 Å². The molecule has 1 aliphatic rings. The molecule has 98 valence electrons. The average molecular weight is 249 g/mol. The molecule has 5 nitrogen and oxygen atoms in total. The molecule has 0 aromatic heterocycles. The van der Waals surface area contributed by atoms with Crippen LogP contribution in [-0.2, 0) is 4.74 Å². The minimum absolute atomic E-state index is 0.0816. The molecule has 1 atom stereocenters. The Labute approximate surface area is 107 Å². The van der Waals surface area contributed by atoms with E-state index in [9.17, 15) is 0 Å². The molecule has 0 amide bonds. The Morgan fingerprint density at radius 3 is 3.11 bits per heavy atom. The molecule has 0 saturated heterocycles. The molecule has 0 saturated carbocycles. The van der Waals surface area contributed by atoms with Gasteiger partial charge in [-0.3, -0.25) is 4.99 Å². The zero-order valence-corrected chi connectivity index (χ0v) is 10.8. The zero-order chi connectivity index (χ0) is 13.0. The number of fused-ring (bicyclic) bond motifs is 1. The van der Waals surface area contributed by atoms with Crippen molar-refractivity contribution in [2.24, 2.45) is 4.99 Å². The number of rotatable bonds is 4. The number of nitrogens with one attached hydrogen (secondary N) is 1. The number of amidine groups is 1. The third kappa shape index (κ3) is 2.92. The van der Waals surface area contributed by atoms with Crippen LogP contribution in [0.5, 0.6) is 5.75 Å². The Balaban J connectivity index is 2.06. The van der Waals surface area contributed by atoms with Gasteiger partial charge in [0.05, 0.1) is 5.69 Å². The van der Waals surface area contributed by atoms with Gasteiger partial charge < -0.3 is 20.5 Å². The van der Waals surface area contributed by atoms with E-state index >= 15 is 0 Å². The predicted octanol–water partition coefficient (Wildman–Crippen LogP) is 1.90. The number of nitrogens with two attached hydrogens (primary N) is 1. The smallest absolute Gasteiger partial charge is 0.153 e. The first kappa shape index (κ1) is 12.7. The Kier molecular flexibility index (Phi) is 4.04. The molecule has 1 unspecified atom stereocenters. The van der Waals surface area contributed by atoms with Gasteiger partial charge in [-0.15, -0.1) is 0 Å². The van der Waals surface area contributed by atoms with Crippen molar-refractivity contribution in [2.45, 2.75) is 19.4 Å². The van der Waals surface area contributed by atoms with E-state index in [0.717, 1.165) is 36.8 Å². The number of hydrogen-bond acceptors (Lipinski definition) is 4. The van der Waals surface area contributed by atoms with Gasteiger partial charge in [-0.25, -0.2) is 0 Å². The maximum atomic E-state index is 5.78. The van der Waals surface area contributed by atoms with Crippen LogP contribution in [0.2, 0.25) is 0 Å². The van der Waals surface area contributed by atoms with E-state index in [4.69, 9.17) is 15.2 Å². The predicted molar refractivity (Wildman–Crippen MR) is 73.4 cm³/mol. The molecule has 0 aliphatic carbocycles. The van der Waals surface area contributed by atoms with Crippen LogP contribution >= 0.6 is 0 Å². The molecule has 0 fully saturated rings. The van der Waals surface area contributed by atoms with E-state index in [2.05, 4.69) is 10.3 Å². The van der Waals surface area contributed by atoms with Crippen LogP contribution in [0.25, 0.3) is 0 Å². The van der Waals surface area contributed by atoms with Crippen molar-refractivity contribution in [3.8, 4) is 5.75 Å². The highest BCUT2D eigenvalue weighted by Gasteiger charge is 2.21. The average Bonchev–Trinajstić information content (AvgIpc) is 2.35. The highest BCUT2D eigenvalue weighted by atomic mass is 16.5. The third-order valence-corrected chi connectivity index (χ3v) is 2.75. The molecule has 1 heterocycles. The summed E-state index contributed by atoms with van der Waals surface area (Å²) < 4.78 is 10.8. The van der Waals surface area contributed by atoms with Crippen LogP contribution < -0.4 is 15.8 Å². The topological polar surface area (TPSA) is 68.9 Å². The molecule has 1 aromatic carbocycles. The molecular weight excluding hydrogens is 230 g/mol. The maximum Gasteiger partial charge on any atom is 0.153 e. The van der Waals surface area contributed by atoms with Crippen molar-refractivity contribution in [3.05, 3.63) is 18.2 Å². The minimum atomic E-state index is -0.0816. The molecular formula is C13H19N3O2. The summed E-state index contributed by atoms with van der Waals surface area (Å²) in [6.07, 6.45) is 0.824. The monoisotopic (exact) mass is 249 g/mol. The van der Waals surface area contributed by atoms with E-state index in [1.807, 2.05) is 25.1 Å². The van der Waals surface area contributed by atoms with Gasteiger partial charge in [0.2, 0.25) is 0 Å². The summed E-state index contributed by atoms with van der Waals surface area (Å²) in [6.45, 7) is 3.42. The van der Waals surface area contributed by atoms with Gasteiger partial charge in [-0.1, -0.05) is 0 Å². The number of methoxy groups -OCH3 is 1. The fourth-order valence-corrected chi connectivity index (χ4v) is 1.80. The first-order valence-corrected chi connectivity index (χ1v) is 6.07. The van der Waals surface area contributed by atoms with Gasteiger partial charge in [0.15, 0.2) is 6.10 Å². The van der Waals surface area contributed by atoms with Crippen LogP contribution in [-0.4, -0.2) is 32.2 Å². The Bertz CT molecular complexity index is 446. The largest absolute Gasteiger partial charge is 0.481 e.